The third kappa shape index (κ3) is 5.81. The maximum Gasteiger partial charge on any atom is 0.321 e. The summed E-state index contributed by atoms with van der Waals surface area (Å²) in [7, 11) is -1.51. The summed E-state index contributed by atoms with van der Waals surface area (Å²) in [6, 6.07) is 24.7. The fourth-order valence-corrected chi connectivity index (χ4v) is 6.57. The van der Waals surface area contributed by atoms with Crippen LogP contribution in [0.25, 0.3) is 11.3 Å². The molecule has 0 unspecified atom stereocenters. The van der Waals surface area contributed by atoms with Crippen molar-refractivity contribution in [2.45, 2.75) is 61.2 Å². The first-order valence-corrected chi connectivity index (χ1v) is 16.9. The van der Waals surface area contributed by atoms with Crippen LogP contribution < -0.4 is 15.4 Å². The molecular formula is C34H40BNSi. The van der Waals surface area contributed by atoms with E-state index in [2.05, 4.69) is 150 Å². The Kier molecular flexibility index (Phi) is 7.62. The first-order chi connectivity index (χ1) is 17.5. The third-order valence-corrected chi connectivity index (χ3v) is 8.28. The summed E-state index contributed by atoms with van der Waals surface area (Å²) in [5, 5.41) is 0. The maximum atomic E-state index is 3.60. The molecular weight excluding hydrogens is 461 g/mol. The van der Waals surface area contributed by atoms with Gasteiger partial charge in [-0.2, -0.15) is 0 Å². The van der Waals surface area contributed by atoms with Crippen molar-refractivity contribution in [3.63, 3.8) is 0 Å². The highest BCUT2D eigenvalue weighted by molar-refractivity contribution is 6.84. The SMILES string of the molecule is Cc1cc(C)c([BH-](c2c(C)cc(C)cc2C)[n+]2ccccc2-c2ccccc2C#C[Si](C)(C)C)c(C)c1. The summed E-state index contributed by atoms with van der Waals surface area (Å²) >= 11 is 0. The van der Waals surface area contributed by atoms with Crippen molar-refractivity contribution >= 4 is 25.8 Å². The second kappa shape index (κ2) is 10.6. The summed E-state index contributed by atoms with van der Waals surface area (Å²) in [4.78, 5) is 0. The smallest absolute Gasteiger partial charge is 0.321 e. The number of aryl methyl sites for hydroxylation is 6. The van der Waals surface area contributed by atoms with Crippen molar-refractivity contribution in [2.24, 2.45) is 0 Å². The predicted molar refractivity (Wildman–Crippen MR) is 165 cm³/mol. The quantitative estimate of drug-likeness (QED) is 0.235. The van der Waals surface area contributed by atoms with Crippen molar-refractivity contribution in [3.05, 3.63) is 112 Å². The highest BCUT2D eigenvalue weighted by atomic mass is 28.3. The number of hydrogen-bond donors (Lipinski definition) is 0. The van der Waals surface area contributed by atoms with E-state index in [4.69, 9.17) is 0 Å². The topological polar surface area (TPSA) is 3.88 Å². The van der Waals surface area contributed by atoms with Crippen LogP contribution in [0.3, 0.4) is 0 Å². The largest absolute Gasteiger partial charge is 0.414 e. The molecule has 0 aliphatic rings. The standard InChI is InChI=1S/C34H40BNSi/c1-24-20-26(3)33(27(4)21-24)35(34-28(5)22-25(2)23-29(34)6)36-18-13-12-16-32(36)31-15-11-10-14-30(31)17-19-37(7,8)9/h10-16,18,20-23,35H,1-9H3. The van der Waals surface area contributed by atoms with Gasteiger partial charge in [0.15, 0.2) is 5.69 Å². The highest BCUT2D eigenvalue weighted by Gasteiger charge is 2.28. The molecule has 0 radical (unpaired) electrons. The summed E-state index contributed by atoms with van der Waals surface area (Å²) in [5.74, 6) is 3.57. The summed E-state index contributed by atoms with van der Waals surface area (Å²) < 4.78 is 2.56. The van der Waals surface area contributed by atoms with Gasteiger partial charge in [0.1, 0.15) is 14.3 Å². The molecule has 0 saturated heterocycles. The van der Waals surface area contributed by atoms with Crippen LogP contribution in [-0.4, -0.2) is 14.9 Å². The molecule has 0 spiro atoms. The van der Waals surface area contributed by atoms with E-state index >= 15 is 0 Å². The van der Waals surface area contributed by atoms with Crippen molar-refractivity contribution in [3.8, 4) is 22.7 Å². The lowest BCUT2D eigenvalue weighted by molar-refractivity contribution is -0.520. The van der Waals surface area contributed by atoms with Gasteiger partial charge in [0.25, 0.3) is 0 Å². The molecule has 37 heavy (non-hydrogen) atoms. The van der Waals surface area contributed by atoms with Crippen molar-refractivity contribution < 1.29 is 4.48 Å². The monoisotopic (exact) mass is 501 g/mol. The number of rotatable bonds is 4. The fourth-order valence-electron chi connectivity index (χ4n) is 6.06. The van der Waals surface area contributed by atoms with E-state index in [0.717, 1.165) is 5.56 Å². The third-order valence-electron chi connectivity index (χ3n) is 7.41. The van der Waals surface area contributed by atoms with Gasteiger partial charge < -0.3 is 4.48 Å². The molecule has 0 saturated carbocycles. The Bertz CT molecular complexity index is 1430. The molecule has 0 aliphatic heterocycles. The average molecular weight is 502 g/mol. The van der Waals surface area contributed by atoms with Crippen molar-refractivity contribution in [1.29, 1.82) is 0 Å². The molecule has 0 amide bonds. The molecule has 1 heterocycles. The zero-order valence-corrected chi connectivity index (χ0v) is 25.1. The fraction of sp³-hybridized carbons (Fsp3) is 0.265. The van der Waals surface area contributed by atoms with Crippen LogP contribution in [0.5, 0.6) is 0 Å². The zero-order valence-electron chi connectivity index (χ0n) is 24.1. The number of benzene rings is 3. The van der Waals surface area contributed by atoms with Gasteiger partial charge in [-0.1, -0.05) is 101 Å². The Morgan fingerprint density at radius 3 is 1.65 bits per heavy atom. The van der Waals surface area contributed by atoms with Gasteiger partial charge in [0, 0.05) is 11.6 Å². The average Bonchev–Trinajstić information content (AvgIpc) is 2.80. The van der Waals surface area contributed by atoms with E-state index in [9.17, 15) is 0 Å². The Balaban J connectivity index is 2.07. The summed E-state index contributed by atoms with van der Waals surface area (Å²) in [6.07, 6.45) is 2.29. The van der Waals surface area contributed by atoms with Crippen LogP contribution in [0.1, 0.15) is 38.9 Å². The van der Waals surface area contributed by atoms with E-state index in [1.807, 2.05) is 0 Å². The van der Waals surface area contributed by atoms with Crippen molar-refractivity contribution in [1.82, 2.24) is 0 Å². The Morgan fingerprint density at radius 2 is 1.14 bits per heavy atom. The van der Waals surface area contributed by atoms with E-state index < -0.39 is 14.9 Å². The molecule has 3 heteroatoms. The number of nitrogens with zero attached hydrogens (tertiary/aromatic N) is 1. The molecule has 188 valence electrons. The molecule has 0 N–H and O–H groups in total. The second-order valence-electron chi connectivity index (χ2n) is 11.8. The van der Waals surface area contributed by atoms with Crippen LogP contribution in [0, 0.1) is 53.0 Å². The Labute approximate surface area is 225 Å². The van der Waals surface area contributed by atoms with Crippen LogP contribution in [0.15, 0.2) is 72.9 Å². The zero-order chi connectivity index (χ0) is 26.9. The van der Waals surface area contributed by atoms with Gasteiger partial charge in [-0.25, -0.2) is 0 Å². The number of hydrogen-bond acceptors (Lipinski definition) is 0. The van der Waals surface area contributed by atoms with Gasteiger partial charge in [0.05, 0.1) is 5.56 Å². The summed E-state index contributed by atoms with van der Waals surface area (Å²) in [6.45, 7) is 19.3. The van der Waals surface area contributed by atoms with Gasteiger partial charge in [0.2, 0.25) is 0 Å². The van der Waals surface area contributed by atoms with E-state index in [-0.39, 0.29) is 0 Å². The Morgan fingerprint density at radius 1 is 0.649 bits per heavy atom. The molecule has 1 aromatic heterocycles. The number of pyridine rings is 1. The molecule has 3 aromatic carbocycles. The predicted octanol–water partition coefficient (Wildman–Crippen LogP) is 6.11. The molecule has 4 aromatic rings. The van der Waals surface area contributed by atoms with E-state index in [1.165, 1.54) is 55.6 Å². The van der Waals surface area contributed by atoms with Crippen LogP contribution in [0.2, 0.25) is 19.6 Å². The Hall–Kier alpha value is -3.35. The molecule has 0 aliphatic carbocycles. The molecule has 0 bridgehead atoms. The second-order valence-corrected chi connectivity index (χ2v) is 16.6. The van der Waals surface area contributed by atoms with Gasteiger partial charge >= 0.3 is 6.85 Å². The van der Waals surface area contributed by atoms with E-state index in [1.54, 1.807) is 0 Å². The van der Waals surface area contributed by atoms with Crippen LogP contribution in [-0.2, 0) is 0 Å². The van der Waals surface area contributed by atoms with Gasteiger partial charge in [-0.05, 0) is 59.7 Å². The van der Waals surface area contributed by atoms with Crippen LogP contribution in [0.4, 0.5) is 0 Å². The number of aromatic nitrogens is 1. The van der Waals surface area contributed by atoms with Gasteiger partial charge in [-0.15, -0.1) is 16.5 Å². The lowest BCUT2D eigenvalue weighted by Gasteiger charge is -2.30. The normalized spacial score (nSPS) is 11.4. The molecule has 0 atom stereocenters. The molecule has 4 rings (SSSR count). The van der Waals surface area contributed by atoms with Gasteiger partial charge in [-0.3, -0.25) is 0 Å². The minimum atomic E-state index is -1.51. The molecule has 1 nitrogen and oxygen atoms in total. The van der Waals surface area contributed by atoms with Crippen LogP contribution >= 0.6 is 0 Å². The minimum Gasteiger partial charge on any atom is -0.414 e. The highest BCUT2D eigenvalue weighted by Crippen LogP contribution is 2.21. The minimum absolute atomic E-state index is 1.11. The first-order valence-electron chi connectivity index (χ1n) is 13.4. The van der Waals surface area contributed by atoms with Crippen molar-refractivity contribution in [2.75, 3.05) is 0 Å². The first kappa shape index (κ1) is 26.7. The van der Waals surface area contributed by atoms with E-state index in [0.29, 0.717) is 0 Å². The maximum absolute atomic E-state index is 3.60. The lowest BCUT2D eigenvalue weighted by Crippen LogP contribution is -2.68. The lowest BCUT2D eigenvalue weighted by atomic mass is 9.46. The molecule has 0 fully saturated rings. The summed E-state index contributed by atoms with van der Waals surface area (Å²) in [5.41, 5.74) is 18.2.